The minimum atomic E-state index is -1.20. The average Bonchev–Trinajstić information content (AvgIpc) is 2.45. The SMILES string of the molecule is NC(N)=NCCCC(N)C(=O)NCC(=O)NC(CS)C(=O)O. The highest BCUT2D eigenvalue weighted by Crippen LogP contribution is 1.95. The van der Waals surface area contributed by atoms with Gasteiger partial charge in [0.15, 0.2) is 5.96 Å². The zero-order valence-electron chi connectivity index (χ0n) is 12.0. The molecule has 0 heterocycles. The number of carbonyl (C=O) groups excluding carboxylic acids is 2. The number of carboxylic acid groups (broad SMARTS) is 1. The predicted molar refractivity (Wildman–Crippen MR) is 84.3 cm³/mol. The molecule has 0 aromatic carbocycles. The third-order valence-electron chi connectivity index (χ3n) is 2.54. The fraction of sp³-hybridized carbons (Fsp3) is 0.636. The van der Waals surface area contributed by atoms with Gasteiger partial charge < -0.3 is 32.9 Å². The first-order chi connectivity index (χ1) is 10.3. The van der Waals surface area contributed by atoms with E-state index in [9.17, 15) is 14.4 Å². The molecule has 0 rings (SSSR count). The Morgan fingerprint density at radius 2 is 1.91 bits per heavy atom. The molecular weight excluding hydrogens is 312 g/mol. The van der Waals surface area contributed by atoms with Crippen molar-refractivity contribution >= 4 is 36.4 Å². The van der Waals surface area contributed by atoms with E-state index >= 15 is 0 Å². The van der Waals surface area contributed by atoms with Crippen molar-refractivity contribution < 1.29 is 19.5 Å². The molecule has 22 heavy (non-hydrogen) atoms. The fourth-order valence-corrected chi connectivity index (χ4v) is 1.63. The topological polar surface area (TPSA) is 186 Å². The van der Waals surface area contributed by atoms with Gasteiger partial charge in [-0.2, -0.15) is 12.6 Å². The van der Waals surface area contributed by atoms with Crippen LogP contribution in [0, 0.1) is 0 Å². The predicted octanol–water partition coefficient (Wildman–Crippen LogP) is -3.02. The second-order valence-corrected chi connectivity index (χ2v) is 4.78. The quantitative estimate of drug-likeness (QED) is 0.0958. The normalized spacial score (nSPS) is 12.8. The van der Waals surface area contributed by atoms with Gasteiger partial charge in [-0.15, -0.1) is 0 Å². The van der Waals surface area contributed by atoms with Crippen molar-refractivity contribution in [1.29, 1.82) is 0 Å². The van der Waals surface area contributed by atoms with Gasteiger partial charge in [0.25, 0.3) is 0 Å². The summed E-state index contributed by atoms with van der Waals surface area (Å²) in [6, 6.07) is -1.91. The molecule has 9 N–H and O–H groups in total. The third kappa shape index (κ3) is 9.02. The Labute approximate surface area is 133 Å². The summed E-state index contributed by atoms with van der Waals surface area (Å²) < 4.78 is 0. The lowest BCUT2D eigenvalue weighted by Gasteiger charge is -2.14. The molecular formula is C11H22N6O4S. The minimum Gasteiger partial charge on any atom is -0.480 e. The number of aliphatic carboxylic acids is 1. The summed E-state index contributed by atoms with van der Waals surface area (Å²) in [5.41, 5.74) is 15.9. The molecule has 11 heteroatoms. The molecule has 0 spiro atoms. The summed E-state index contributed by atoms with van der Waals surface area (Å²) in [6.07, 6.45) is 0.859. The van der Waals surface area contributed by atoms with E-state index in [1.165, 1.54) is 0 Å². The van der Waals surface area contributed by atoms with Gasteiger partial charge in [0.1, 0.15) is 6.04 Å². The number of hydrogen-bond donors (Lipinski definition) is 7. The number of thiol groups is 1. The maximum Gasteiger partial charge on any atom is 0.327 e. The second kappa shape index (κ2) is 10.7. The molecule has 0 bridgehead atoms. The standard InChI is InChI=1S/C11H22N6O4S/c12-6(2-1-3-15-11(13)14)9(19)16-4-8(18)17-7(5-22)10(20)21/h6-7,22H,1-5,12H2,(H,16,19)(H,17,18)(H,20,21)(H4,13,14,15). The second-order valence-electron chi connectivity index (χ2n) is 4.41. The van der Waals surface area contributed by atoms with E-state index in [-0.39, 0.29) is 18.3 Å². The number of amides is 2. The van der Waals surface area contributed by atoms with Crippen LogP contribution < -0.4 is 27.8 Å². The lowest BCUT2D eigenvalue weighted by atomic mass is 10.1. The van der Waals surface area contributed by atoms with Gasteiger partial charge in [0.2, 0.25) is 11.8 Å². The number of guanidine groups is 1. The van der Waals surface area contributed by atoms with Gasteiger partial charge in [-0.05, 0) is 12.8 Å². The van der Waals surface area contributed by atoms with Crippen molar-refractivity contribution in [2.75, 3.05) is 18.8 Å². The molecule has 2 atom stereocenters. The van der Waals surface area contributed by atoms with E-state index in [1.807, 2.05) is 0 Å². The molecule has 0 saturated heterocycles. The maximum absolute atomic E-state index is 11.6. The first kappa shape index (κ1) is 20.0. The Hall–Kier alpha value is -2.01. The van der Waals surface area contributed by atoms with E-state index < -0.39 is 29.9 Å². The van der Waals surface area contributed by atoms with Crippen LogP contribution in [0.1, 0.15) is 12.8 Å². The Balaban J connectivity index is 4.03. The lowest BCUT2D eigenvalue weighted by Crippen LogP contribution is -2.49. The number of aliphatic imine (C=N–C) groups is 1. The van der Waals surface area contributed by atoms with Crippen molar-refractivity contribution in [1.82, 2.24) is 10.6 Å². The number of nitrogens with one attached hydrogen (secondary N) is 2. The highest BCUT2D eigenvalue weighted by molar-refractivity contribution is 7.80. The molecule has 126 valence electrons. The smallest absolute Gasteiger partial charge is 0.327 e. The highest BCUT2D eigenvalue weighted by atomic mass is 32.1. The number of carboxylic acids is 1. The number of carbonyl (C=O) groups is 3. The number of rotatable bonds is 10. The van der Waals surface area contributed by atoms with Crippen molar-refractivity contribution in [2.24, 2.45) is 22.2 Å². The Morgan fingerprint density at radius 3 is 2.41 bits per heavy atom. The molecule has 2 amide bonds. The zero-order valence-corrected chi connectivity index (χ0v) is 12.9. The van der Waals surface area contributed by atoms with E-state index in [1.54, 1.807) is 0 Å². The van der Waals surface area contributed by atoms with Crippen LogP contribution in [0.15, 0.2) is 4.99 Å². The largest absolute Gasteiger partial charge is 0.480 e. The summed E-state index contributed by atoms with van der Waals surface area (Å²) in [5.74, 6) is -2.45. The third-order valence-corrected chi connectivity index (χ3v) is 2.91. The van der Waals surface area contributed by atoms with Gasteiger partial charge in [-0.3, -0.25) is 14.6 Å². The van der Waals surface area contributed by atoms with Crippen LogP contribution in [0.25, 0.3) is 0 Å². The molecule has 0 aromatic heterocycles. The molecule has 0 radical (unpaired) electrons. The summed E-state index contributed by atoms with van der Waals surface area (Å²) in [4.78, 5) is 37.6. The molecule has 0 fully saturated rings. The number of hydrogen-bond acceptors (Lipinski definition) is 6. The van der Waals surface area contributed by atoms with Gasteiger partial charge in [0.05, 0.1) is 12.6 Å². The Morgan fingerprint density at radius 1 is 1.27 bits per heavy atom. The summed E-state index contributed by atoms with van der Waals surface area (Å²) in [5, 5.41) is 13.3. The summed E-state index contributed by atoms with van der Waals surface area (Å²) in [6.45, 7) is -0.00989. The molecule has 0 aliphatic carbocycles. The molecule has 10 nitrogen and oxygen atoms in total. The minimum absolute atomic E-state index is 0.0353. The zero-order chi connectivity index (χ0) is 17.1. The molecule has 0 aromatic rings. The van der Waals surface area contributed by atoms with Crippen LogP contribution in [0.2, 0.25) is 0 Å². The van der Waals surface area contributed by atoms with E-state index in [2.05, 4.69) is 28.3 Å². The summed E-state index contributed by atoms with van der Waals surface area (Å²) >= 11 is 3.80. The molecule has 0 saturated carbocycles. The van der Waals surface area contributed by atoms with Gasteiger partial charge in [-0.25, -0.2) is 4.79 Å². The van der Waals surface area contributed by atoms with E-state index in [4.69, 9.17) is 22.3 Å². The molecule has 2 unspecified atom stereocenters. The van der Waals surface area contributed by atoms with Gasteiger partial charge in [-0.1, -0.05) is 0 Å². The van der Waals surface area contributed by atoms with Crippen LogP contribution in [-0.4, -0.2) is 59.8 Å². The Kier molecular flexibility index (Phi) is 9.70. The lowest BCUT2D eigenvalue weighted by molar-refractivity contribution is -0.141. The average molecular weight is 334 g/mol. The first-order valence-corrected chi connectivity index (χ1v) is 7.12. The van der Waals surface area contributed by atoms with Gasteiger partial charge in [0, 0.05) is 12.3 Å². The van der Waals surface area contributed by atoms with E-state index in [0.717, 1.165) is 0 Å². The van der Waals surface area contributed by atoms with Crippen molar-refractivity contribution in [3.05, 3.63) is 0 Å². The molecule has 0 aliphatic rings. The van der Waals surface area contributed by atoms with Crippen LogP contribution in [0.5, 0.6) is 0 Å². The Bertz CT molecular complexity index is 427. The van der Waals surface area contributed by atoms with Gasteiger partial charge >= 0.3 is 5.97 Å². The molecule has 0 aliphatic heterocycles. The van der Waals surface area contributed by atoms with Crippen LogP contribution >= 0.6 is 12.6 Å². The first-order valence-electron chi connectivity index (χ1n) is 6.49. The number of nitrogens with zero attached hydrogens (tertiary/aromatic N) is 1. The van der Waals surface area contributed by atoms with Crippen LogP contribution in [0.4, 0.5) is 0 Å². The van der Waals surface area contributed by atoms with Crippen LogP contribution in [-0.2, 0) is 14.4 Å². The maximum atomic E-state index is 11.6. The van der Waals surface area contributed by atoms with Crippen molar-refractivity contribution in [2.45, 2.75) is 24.9 Å². The van der Waals surface area contributed by atoms with Crippen LogP contribution in [0.3, 0.4) is 0 Å². The van der Waals surface area contributed by atoms with E-state index in [0.29, 0.717) is 19.4 Å². The highest BCUT2D eigenvalue weighted by Gasteiger charge is 2.19. The fourth-order valence-electron chi connectivity index (χ4n) is 1.38. The monoisotopic (exact) mass is 334 g/mol. The van der Waals surface area contributed by atoms with Crippen molar-refractivity contribution in [3.8, 4) is 0 Å². The summed E-state index contributed by atoms with van der Waals surface area (Å²) in [7, 11) is 0. The number of nitrogens with two attached hydrogens (primary N) is 3. The van der Waals surface area contributed by atoms with Crippen molar-refractivity contribution in [3.63, 3.8) is 0 Å².